The van der Waals surface area contributed by atoms with Gasteiger partial charge in [0.1, 0.15) is 0 Å². The first-order valence-electron chi connectivity index (χ1n) is 10.8. The fraction of sp³-hybridized carbons (Fsp3) is 0.720. The minimum absolute atomic E-state index is 0. The van der Waals surface area contributed by atoms with Crippen molar-refractivity contribution in [2.75, 3.05) is 0 Å². The fourth-order valence-corrected chi connectivity index (χ4v) is 8.60. The van der Waals surface area contributed by atoms with E-state index in [4.69, 9.17) is 27.9 Å². The van der Waals surface area contributed by atoms with Crippen LogP contribution in [-0.4, -0.2) is 36.8 Å². The summed E-state index contributed by atoms with van der Waals surface area (Å²) in [6.07, 6.45) is 7.42. The Morgan fingerprint density at radius 1 is 0.500 bits per heavy atom. The van der Waals surface area contributed by atoms with E-state index < -0.39 is 0 Å². The molecule has 0 aromatic carbocycles. The molecule has 0 aromatic rings. The van der Waals surface area contributed by atoms with Crippen LogP contribution in [0.1, 0.15) is 93.9 Å². The minimum Gasteiger partial charge on any atom is 3.00 e. The van der Waals surface area contributed by atoms with Crippen molar-refractivity contribution in [2.24, 2.45) is 0 Å². The Hall–Kier alpha value is -0.0710. The van der Waals surface area contributed by atoms with Crippen molar-refractivity contribution in [3.63, 3.8) is 0 Å². The quantitative estimate of drug-likeness (QED) is 0.168. The molecule has 2 radical (unpaired) electrons. The van der Waals surface area contributed by atoms with Gasteiger partial charge in [0.2, 0.25) is 0 Å². The summed E-state index contributed by atoms with van der Waals surface area (Å²) in [6, 6.07) is 0. The maximum atomic E-state index is 13.1. The van der Waals surface area contributed by atoms with Gasteiger partial charge in [0, 0.05) is 0 Å². The Morgan fingerprint density at radius 3 is 0.816 bits per heavy atom. The third-order valence-corrected chi connectivity index (χ3v) is 11.0. The molecule has 13 heteroatoms. The van der Waals surface area contributed by atoms with Gasteiger partial charge in [-0.15, -0.1) is 0 Å². The van der Waals surface area contributed by atoms with Gasteiger partial charge >= 0.3 is 107 Å². The van der Waals surface area contributed by atoms with Crippen LogP contribution in [0.4, 0.5) is 4.79 Å². The van der Waals surface area contributed by atoms with Gasteiger partial charge in [-0.2, -0.15) is 9.34 Å². The summed E-state index contributed by atoms with van der Waals surface area (Å²) in [6.45, 7) is 45.7. The molecule has 210 valence electrons. The third kappa shape index (κ3) is 19.1. The Labute approximate surface area is 254 Å². The van der Waals surface area contributed by atoms with Crippen molar-refractivity contribution in [1.29, 1.82) is 0 Å². The summed E-state index contributed by atoms with van der Waals surface area (Å²) < 4.78 is 50.1. The zero-order valence-corrected chi connectivity index (χ0v) is 27.9. The molecule has 2 unspecified atom stereocenters. The second-order valence-corrected chi connectivity index (χ2v) is 13.7. The molecule has 2 fully saturated rings. The zero-order chi connectivity index (χ0) is 30.4. The zero-order valence-electron chi connectivity index (χ0n) is 23.4. The summed E-state index contributed by atoms with van der Waals surface area (Å²) in [7, 11) is -0.547. The van der Waals surface area contributed by atoms with Crippen molar-refractivity contribution in [3.8, 4) is 0 Å². The molecule has 38 heavy (non-hydrogen) atoms. The second kappa shape index (κ2) is 28.5. The van der Waals surface area contributed by atoms with Gasteiger partial charge in [-0.3, -0.25) is 0 Å². The number of carbonyl (C=O) groups is 1. The number of hydrogen-bond donors (Lipinski definition) is 0. The van der Waals surface area contributed by atoms with Crippen LogP contribution in [0.2, 0.25) is 0 Å². The van der Waals surface area contributed by atoms with Gasteiger partial charge < -0.3 is 0 Å². The van der Waals surface area contributed by atoms with Gasteiger partial charge in [-0.05, 0) is 93.9 Å². The van der Waals surface area contributed by atoms with E-state index in [-0.39, 0.29) is 73.8 Å². The first-order valence-corrected chi connectivity index (χ1v) is 13.0. The van der Waals surface area contributed by atoms with E-state index in [9.17, 15) is 4.79 Å². The van der Waals surface area contributed by atoms with Crippen LogP contribution in [0.15, 0.2) is 0 Å². The van der Waals surface area contributed by atoms with Gasteiger partial charge in [0.05, 0.1) is 22.2 Å². The summed E-state index contributed by atoms with van der Waals surface area (Å²) >= 11 is 0. The summed E-state index contributed by atoms with van der Waals surface area (Å²) in [5, 5.41) is 0.543. The molecule has 2 aliphatic rings. The molecule has 0 saturated carbocycles. The van der Waals surface area contributed by atoms with E-state index in [2.05, 4.69) is 105 Å². The Balaban J connectivity index is -0.000000121. The van der Waals surface area contributed by atoms with Crippen LogP contribution in [-0.2, 0) is 62.1 Å². The first kappa shape index (κ1) is 54.1. The number of carbonyl (C=O) groups excluding carboxylic acids is 1. The van der Waals surface area contributed by atoms with Crippen LogP contribution in [0.5, 0.6) is 0 Å². The van der Waals surface area contributed by atoms with Gasteiger partial charge in [0.25, 0.3) is 0 Å². The Kier molecular flexibility index (Phi) is 40.5. The molecule has 0 amide bonds. The number of nitrogens with zero attached hydrogens (tertiary/aromatic N) is 2. The molecule has 2 rings (SSSR count). The molecule has 0 N–H and O–H groups in total. The second-order valence-electron chi connectivity index (χ2n) is 10.4. The number of piperidine rings is 2. The average Bonchev–Trinajstić information content (AvgIpc) is 2.86. The average molecular weight is 654 g/mol. The molecule has 9 nitrogen and oxygen atoms in total. The normalized spacial score (nSPS) is 19.5. The van der Waals surface area contributed by atoms with E-state index in [1.807, 2.05) is 0 Å². The molecule has 0 aromatic heterocycles. The van der Waals surface area contributed by atoms with E-state index in [0.29, 0.717) is 5.27 Å². The molecule has 2 aliphatic heterocycles. The van der Waals surface area contributed by atoms with E-state index in [1.54, 1.807) is 0 Å². The molecule has 2 atom stereocenters. The summed E-state index contributed by atoms with van der Waals surface area (Å²) in [4.78, 5) is 13.1. The molecule has 2 saturated heterocycles. The summed E-state index contributed by atoms with van der Waals surface area (Å²) in [5.41, 5.74) is 0.663. The van der Waals surface area contributed by atoms with Crippen molar-refractivity contribution in [2.45, 2.75) is 116 Å². The predicted octanol–water partition coefficient (Wildman–Crippen LogP) is 5.61. The predicted molar refractivity (Wildman–Crippen MR) is 136 cm³/mol. The fourth-order valence-electron chi connectivity index (χ4n) is 5.01. The minimum atomic E-state index is -0.273. The first-order chi connectivity index (χ1) is 16.8. The Bertz CT molecular complexity index is 627. The number of rotatable bonds is 4. The monoisotopic (exact) mass is 654 g/mol. The van der Waals surface area contributed by atoms with E-state index in [0.717, 1.165) is 0 Å². The van der Waals surface area contributed by atoms with Crippen molar-refractivity contribution < 1.29 is 66.8 Å². The van der Waals surface area contributed by atoms with Gasteiger partial charge in [-0.25, -0.2) is 4.79 Å². The topological polar surface area (TPSA) is 143 Å². The smallest absolute Gasteiger partial charge is 3.00 e. The van der Waals surface area contributed by atoms with Crippen molar-refractivity contribution >= 4 is 22.7 Å². The van der Waals surface area contributed by atoms with Crippen LogP contribution >= 0.6 is 17.5 Å². The van der Waals surface area contributed by atoms with Gasteiger partial charge in [-0.1, -0.05) is 0 Å². The van der Waals surface area contributed by atoms with Crippen LogP contribution in [0, 0.1) is 39.9 Å². The van der Waals surface area contributed by atoms with Gasteiger partial charge in [0.15, 0.2) is 17.5 Å². The Morgan fingerprint density at radius 2 is 0.658 bits per heavy atom. The van der Waals surface area contributed by atoms with Crippen molar-refractivity contribution in [1.82, 2.24) is 9.34 Å². The maximum Gasteiger partial charge on any atom is 3.00 e. The largest absolute Gasteiger partial charge is 3.00 e. The molecule has 0 spiro atoms. The van der Waals surface area contributed by atoms with E-state index >= 15 is 0 Å². The summed E-state index contributed by atoms with van der Waals surface area (Å²) in [5.74, 6) is 0. The molecule has 0 aliphatic carbocycles. The van der Waals surface area contributed by atoms with Crippen molar-refractivity contribution in [3.05, 3.63) is 39.9 Å². The van der Waals surface area contributed by atoms with E-state index in [1.165, 1.54) is 38.5 Å². The van der Waals surface area contributed by atoms with Crippen LogP contribution in [0.3, 0.4) is 0 Å². The molecular weight excluding hydrogens is 614 g/mol. The SMILES string of the molecule is CC1(C)CCCC(C)(C)N1[PH2+]C(=O)[PH2+]N1C(C)(C)CCCC1(C)C.[C-]#[O+].[C-]#[O+].[C-]#[O+].[C-]#[O+].[C-]#[O+].[C-]#[O+].[Fe+3].[Fe+3]. The molecule has 0 bridgehead atoms. The molecular formula is C25H40Fe2N2O7P2+8. The number of hydrogen-bond acceptors (Lipinski definition) is 3. The maximum absolute atomic E-state index is 13.1. The van der Waals surface area contributed by atoms with Crippen LogP contribution in [0.25, 0.3) is 0 Å². The third-order valence-electron chi connectivity index (χ3n) is 6.28. The standard InChI is InChI=1S/C19H38N2OP2.6CO.2Fe/c1-16(2)11-9-12-17(3,4)20(16)23-15(22)24-21-18(5,6)13-10-14-19(21,7)8;6*1-2;;/h23-24H,9-14H2,1-8H3;;;;;;;;/q;;;;;;;2*+3/p+2. The molecule has 2 heterocycles. The van der Waals surface area contributed by atoms with Crippen LogP contribution < -0.4 is 0 Å².